The number of rotatable bonds is 2. The fourth-order valence-corrected chi connectivity index (χ4v) is 2.29. The lowest BCUT2D eigenvalue weighted by molar-refractivity contribution is 0.262. The lowest BCUT2D eigenvalue weighted by Crippen LogP contribution is -1.88. The summed E-state index contributed by atoms with van der Waals surface area (Å²) in [5.41, 5.74) is -0.0759. The first-order valence-electron chi connectivity index (χ1n) is 3.65. The molecule has 0 aliphatic heterocycles. The Bertz CT molecular complexity index is 382. The molecule has 0 saturated carbocycles. The van der Waals surface area contributed by atoms with Crippen molar-refractivity contribution in [3.63, 3.8) is 0 Å². The van der Waals surface area contributed by atoms with E-state index in [4.69, 9.17) is 4.55 Å². The zero-order valence-electron chi connectivity index (χ0n) is 6.54. The van der Waals surface area contributed by atoms with E-state index >= 15 is 0 Å². The van der Waals surface area contributed by atoms with Crippen LogP contribution in [0.25, 0.3) is 10.2 Å². The van der Waals surface area contributed by atoms with E-state index in [9.17, 15) is 5.11 Å². The highest BCUT2D eigenvalue weighted by molar-refractivity contribution is 7.93. The summed E-state index contributed by atoms with van der Waals surface area (Å²) in [7, 11) is 0. The highest BCUT2D eigenvalue weighted by atomic mass is 32.2. The zero-order chi connectivity index (χ0) is 9.26. The second-order valence-electron chi connectivity index (χ2n) is 2.48. The molecule has 3 nitrogen and oxygen atoms in total. The summed E-state index contributed by atoms with van der Waals surface area (Å²) in [5.74, 6) is 0. The van der Waals surface area contributed by atoms with Crippen molar-refractivity contribution in [2.24, 2.45) is 0 Å². The molecule has 0 fully saturated rings. The van der Waals surface area contributed by atoms with Crippen LogP contribution in [-0.2, 0) is 0 Å². The highest BCUT2D eigenvalue weighted by Gasteiger charge is 2.12. The Morgan fingerprint density at radius 1 is 1.38 bits per heavy atom. The smallest absolute Gasteiger partial charge is 0.176 e. The first-order valence-corrected chi connectivity index (χ1v) is 5.30. The molecular weight excluding hydrogens is 206 g/mol. The number of benzene rings is 1. The summed E-state index contributed by atoms with van der Waals surface area (Å²) in [5, 5.41) is 9.83. The average molecular weight is 213 g/mol. The SMILES string of the molecule is OSC(O)c1nc2ccccc2s1. The molecule has 13 heavy (non-hydrogen) atoms. The largest absolute Gasteiger partial charge is 0.373 e. The predicted octanol–water partition coefficient (Wildman–Crippen LogP) is 2.49. The van der Waals surface area contributed by atoms with Crippen LogP contribution in [0, 0.1) is 0 Å². The van der Waals surface area contributed by atoms with Crippen molar-refractivity contribution in [1.29, 1.82) is 0 Å². The molecule has 0 spiro atoms. The van der Waals surface area contributed by atoms with Crippen LogP contribution >= 0.6 is 23.4 Å². The van der Waals surface area contributed by atoms with Crippen molar-refractivity contribution in [2.45, 2.75) is 5.44 Å². The molecule has 0 amide bonds. The number of aromatic nitrogens is 1. The van der Waals surface area contributed by atoms with Crippen LogP contribution in [0.15, 0.2) is 24.3 Å². The zero-order valence-corrected chi connectivity index (χ0v) is 8.18. The molecule has 0 aliphatic carbocycles. The highest BCUT2D eigenvalue weighted by Crippen LogP contribution is 2.30. The molecule has 0 aliphatic rings. The van der Waals surface area contributed by atoms with Gasteiger partial charge < -0.3 is 9.66 Å². The van der Waals surface area contributed by atoms with E-state index in [-0.39, 0.29) is 0 Å². The Hall–Kier alpha value is -0.620. The van der Waals surface area contributed by atoms with Crippen LogP contribution in [0.4, 0.5) is 0 Å². The van der Waals surface area contributed by atoms with Crippen molar-refractivity contribution in [1.82, 2.24) is 4.98 Å². The summed E-state index contributed by atoms with van der Waals surface area (Å²) >= 11 is 1.78. The molecular formula is C8H7NO2S2. The van der Waals surface area contributed by atoms with Gasteiger partial charge in [0.25, 0.3) is 0 Å². The molecule has 2 aromatic rings. The van der Waals surface area contributed by atoms with Gasteiger partial charge in [-0.05, 0) is 12.1 Å². The number of thiazole rings is 1. The van der Waals surface area contributed by atoms with Gasteiger partial charge in [0.1, 0.15) is 5.01 Å². The Morgan fingerprint density at radius 3 is 2.85 bits per heavy atom. The molecule has 0 bridgehead atoms. The molecule has 1 heterocycles. The van der Waals surface area contributed by atoms with E-state index in [1.54, 1.807) is 0 Å². The molecule has 2 rings (SSSR count). The third kappa shape index (κ3) is 1.68. The minimum absolute atomic E-state index is 0.397. The van der Waals surface area contributed by atoms with Gasteiger partial charge in [0.05, 0.1) is 10.2 Å². The maximum atomic E-state index is 9.29. The normalized spacial score (nSPS) is 13.4. The van der Waals surface area contributed by atoms with Gasteiger partial charge in [-0.15, -0.1) is 11.3 Å². The Morgan fingerprint density at radius 2 is 2.15 bits per heavy atom. The second kappa shape index (κ2) is 3.63. The van der Waals surface area contributed by atoms with Crippen molar-refractivity contribution in [3.8, 4) is 0 Å². The Labute approximate surface area is 83.3 Å². The van der Waals surface area contributed by atoms with Crippen LogP contribution < -0.4 is 0 Å². The number of aliphatic hydroxyl groups excluding tert-OH is 1. The van der Waals surface area contributed by atoms with E-state index in [0.717, 1.165) is 10.2 Å². The molecule has 2 N–H and O–H groups in total. The van der Waals surface area contributed by atoms with Gasteiger partial charge >= 0.3 is 0 Å². The lowest BCUT2D eigenvalue weighted by atomic mass is 10.3. The number of aliphatic hydroxyl groups is 1. The Kier molecular flexibility index (Phi) is 2.50. The molecule has 5 heteroatoms. The van der Waals surface area contributed by atoms with Crippen molar-refractivity contribution in [2.75, 3.05) is 0 Å². The lowest BCUT2D eigenvalue weighted by Gasteiger charge is -1.97. The minimum Gasteiger partial charge on any atom is -0.373 e. The molecule has 0 radical (unpaired) electrons. The van der Waals surface area contributed by atoms with Crippen molar-refractivity contribution >= 4 is 33.6 Å². The van der Waals surface area contributed by atoms with Gasteiger partial charge in [0.2, 0.25) is 0 Å². The van der Waals surface area contributed by atoms with Gasteiger partial charge in [-0.1, -0.05) is 12.1 Å². The monoisotopic (exact) mass is 213 g/mol. The summed E-state index contributed by atoms with van der Waals surface area (Å²) in [6.07, 6.45) is 0. The maximum Gasteiger partial charge on any atom is 0.176 e. The quantitative estimate of drug-likeness (QED) is 0.594. The van der Waals surface area contributed by atoms with Crippen LogP contribution in [0.3, 0.4) is 0 Å². The number of nitrogens with zero attached hydrogens (tertiary/aromatic N) is 1. The average Bonchev–Trinajstić information content (AvgIpc) is 2.59. The van der Waals surface area contributed by atoms with E-state index < -0.39 is 5.44 Å². The predicted molar refractivity (Wildman–Crippen MR) is 54.8 cm³/mol. The van der Waals surface area contributed by atoms with Gasteiger partial charge in [0.15, 0.2) is 5.44 Å². The van der Waals surface area contributed by atoms with Crippen LogP contribution in [0.2, 0.25) is 0 Å². The Balaban J connectivity index is 2.49. The standard InChI is InChI=1S/C8H7NO2S2/c10-8(13-11)7-9-5-3-1-2-4-6(5)12-7/h1-4,8,10-11H. The number of para-hydroxylation sites is 1. The fourth-order valence-electron chi connectivity index (χ4n) is 1.04. The fraction of sp³-hybridized carbons (Fsp3) is 0.125. The van der Waals surface area contributed by atoms with Crippen molar-refractivity contribution in [3.05, 3.63) is 29.3 Å². The number of hydrogen-bond donors (Lipinski definition) is 2. The third-order valence-electron chi connectivity index (χ3n) is 1.62. The second-order valence-corrected chi connectivity index (χ2v) is 4.20. The molecule has 0 saturated heterocycles. The molecule has 68 valence electrons. The van der Waals surface area contributed by atoms with Gasteiger partial charge in [-0.25, -0.2) is 4.98 Å². The molecule has 1 atom stereocenters. The van der Waals surface area contributed by atoms with Crippen LogP contribution in [0.1, 0.15) is 10.4 Å². The molecule has 1 aromatic heterocycles. The summed E-state index contributed by atoms with van der Waals surface area (Å²) < 4.78 is 9.67. The number of fused-ring (bicyclic) bond motifs is 1. The third-order valence-corrected chi connectivity index (χ3v) is 3.28. The first-order chi connectivity index (χ1) is 6.31. The summed E-state index contributed by atoms with van der Waals surface area (Å²) in [6, 6.07) is 7.63. The minimum atomic E-state index is -0.933. The summed E-state index contributed by atoms with van der Waals surface area (Å²) in [6.45, 7) is 0. The van der Waals surface area contributed by atoms with Gasteiger partial charge in [-0.3, -0.25) is 0 Å². The van der Waals surface area contributed by atoms with Gasteiger partial charge in [-0.2, -0.15) is 0 Å². The van der Waals surface area contributed by atoms with E-state index in [2.05, 4.69) is 4.98 Å². The topological polar surface area (TPSA) is 53.4 Å². The van der Waals surface area contributed by atoms with Gasteiger partial charge in [0, 0.05) is 12.0 Å². The summed E-state index contributed by atoms with van der Waals surface area (Å²) in [4.78, 5) is 4.17. The molecule has 1 unspecified atom stereocenters. The number of hydrogen-bond acceptors (Lipinski definition) is 5. The van der Waals surface area contributed by atoms with Crippen molar-refractivity contribution < 1.29 is 9.66 Å². The van der Waals surface area contributed by atoms with Crippen LogP contribution in [0.5, 0.6) is 0 Å². The first kappa shape index (κ1) is 8.96. The van der Waals surface area contributed by atoms with E-state index in [0.29, 0.717) is 17.1 Å². The van der Waals surface area contributed by atoms with Crippen LogP contribution in [-0.4, -0.2) is 14.6 Å². The molecule has 1 aromatic carbocycles. The van der Waals surface area contributed by atoms with E-state index in [1.165, 1.54) is 11.3 Å². The maximum absolute atomic E-state index is 9.29. The van der Waals surface area contributed by atoms with E-state index in [1.807, 2.05) is 24.3 Å².